The molecule has 0 aliphatic carbocycles. The number of esters is 1. The van der Waals surface area contributed by atoms with E-state index in [2.05, 4.69) is 19.9 Å². The van der Waals surface area contributed by atoms with E-state index in [1.54, 1.807) is 6.92 Å². The van der Waals surface area contributed by atoms with Crippen LogP contribution in [0, 0.1) is 0 Å². The fourth-order valence-electron chi connectivity index (χ4n) is 1.94. The van der Waals surface area contributed by atoms with Gasteiger partial charge in [0.15, 0.2) is 0 Å². The molecule has 1 aliphatic rings. The number of carbonyl (C=O) groups is 1. The second-order valence-electron chi connectivity index (χ2n) is 3.96. The fraction of sp³-hybridized carbons (Fsp3) is 0.667. The molecule has 0 amide bonds. The molecule has 2 heterocycles. The van der Waals surface area contributed by atoms with Gasteiger partial charge in [-0.05, 0) is 19.8 Å². The lowest BCUT2D eigenvalue weighted by molar-refractivity contribution is -0.146. The molecule has 1 aromatic rings. The first kappa shape index (κ1) is 13.7. The van der Waals surface area contributed by atoms with Crippen LogP contribution in [0.1, 0.15) is 19.8 Å². The second kappa shape index (κ2) is 5.53. The van der Waals surface area contributed by atoms with Crippen LogP contribution in [0.15, 0.2) is 6.33 Å². The van der Waals surface area contributed by atoms with Gasteiger partial charge in [0.25, 0.3) is 0 Å². The minimum atomic E-state index is -3.85. The summed E-state index contributed by atoms with van der Waals surface area (Å²) in [4.78, 5) is 15.4. The van der Waals surface area contributed by atoms with Crippen molar-refractivity contribution in [1.82, 2.24) is 19.5 Å². The number of nitrogens with one attached hydrogen (secondary N) is 2. The Labute approximate surface area is 110 Å². The van der Waals surface area contributed by atoms with Crippen LogP contribution in [0.3, 0.4) is 0 Å². The van der Waals surface area contributed by atoms with Crippen molar-refractivity contribution in [2.75, 3.05) is 17.9 Å². The van der Waals surface area contributed by atoms with Crippen molar-refractivity contribution in [2.24, 2.45) is 0 Å². The fourth-order valence-corrected chi connectivity index (χ4v) is 3.29. The zero-order valence-electron chi connectivity index (χ0n) is 10.4. The molecule has 0 spiro atoms. The van der Waals surface area contributed by atoms with Crippen LogP contribution in [0.25, 0.3) is 0 Å². The summed E-state index contributed by atoms with van der Waals surface area (Å²) >= 11 is 0. The topological polar surface area (TPSA) is 117 Å². The van der Waals surface area contributed by atoms with E-state index in [9.17, 15) is 13.2 Å². The van der Waals surface area contributed by atoms with Crippen LogP contribution in [0.2, 0.25) is 0 Å². The quantitative estimate of drug-likeness (QED) is 0.705. The number of ether oxygens (including phenoxy) is 1. The summed E-state index contributed by atoms with van der Waals surface area (Å²) in [5.74, 6) is -0.516. The predicted molar refractivity (Wildman–Crippen MR) is 65.3 cm³/mol. The summed E-state index contributed by atoms with van der Waals surface area (Å²) in [5, 5.41) is 5.94. The third kappa shape index (κ3) is 3.01. The summed E-state index contributed by atoms with van der Waals surface area (Å²) in [6.45, 7) is 2.17. The molecular weight excluding hydrogens is 274 g/mol. The molecule has 2 rings (SSSR count). The van der Waals surface area contributed by atoms with E-state index in [1.165, 1.54) is 6.33 Å². The van der Waals surface area contributed by atoms with Crippen LogP contribution in [-0.4, -0.2) is 53.1 Å². The number of aromatic nitrogens is 3. The van der Waals surface area contributed by atoms with E-state index in [0.29, 0.717) is 12.8 Å². The van der Waals surface area contributed by atoms with Crippen molar-refractivity contribution in [2.45, 2.75) is 25.8 Å². The number of hydrogen-bond acceptors (Lipinski definition) is 6. The standard InChI is InChI=1S/C9H15N5O4S/c1-2-18-8(15)7-4-3-5-14(7)19(16,17)13-9-10-6-11-12-9/h6-7H,2-5H2,1H3,(H2,10,11,12,13). The Morgan fingerprint density at radius 1 is 1.68 bits per heavy atom. The molecule has 1 saturated heterocycles. The van der Waals surface area contributed by atoms with E-state index in [4.69, 9.17) is 4.74 Å². The molecule has 10 heteroatoms. The summed E-state index contributed by atoms with van der Waals surface area (Å²) in [6.07, 6.45) is 2.25. The van der Waals surface area contributed by atoms with Crippen LogP contribution >= 0.6 is 0 Å². The normalized spacial score (nSPS) is 20.4. The van der Waals surface area contributed by atoms with Crippen LogP contribution in [-0.2, 0) is 19.7 Å². The van der Waals surface area contributed by atoms with Crippen molar-refractivity contribution in [3.05, 3.63) is 6.33 Å². The van der Waals surface area contributed by atoms with E-state index < -0.39 is 22.2 Å². The summed E-state index contributed by atoms with van der Waals surface area (Å²) in [7, 11) is -3.85. The molecule has 0 saturated carbocycles. The first-order valence-corrected chi connectivity index (χ1v) is 7.30. The maximum absolute atomic E-state index is 12.1. The first-order valence-electron chi connectivity index (χ1n) is 5.86. The van der Waals surface area contributed by atoms with Gasteiger partial charge in [0.2, 0.25) is 5.95 Å². The molecule has 1 aliphatic heterocycles. The average molecular weight is 289 g/mol. The molecule has 1 atom stereocenters. The van der Waals surface area contributed by atoms with Gasteiger partial charge >= 0.3 is 16.2 Å². The molecule has 19 heavy (non-hydrogen) atoms. The molecule has 2 N–H and O–H groups in total. The summed E-state index contributed by atoms with van der Waals surface area (Å²) < 4.78 is 32.5. The van der Waals surface area contributed by atoms with Gasteiger partial charge in [0, 0.05) is 6.54 Å². The Morgan fingerprint density at radius 2 is 2.47 bits per heavy atom. The second-order valence-corrected chi connectivity index (χ2v) is 5.59. The number of H-pyrrole nitrogens is 1. The molecule has 106 valence electrons. The van der Waals surface area contributed by atoms with Crippen LogP contribution in [0.5, 0.6) is 0 Å². The molecule has 0 bridgehead atoms. The van der Waals surface area contributed by atoms with Gasteiger partial charge in [0.05, 0.1) is 6.61 Å². The highest BCUT2D eigenvalue weighted by Gasteiger charge is 2.39. The summed E-state index contributed by atoms with van der Waals surface area (Å²) in [5.41, 5.74) is 0. The number of carbonyl (C=O) groups excluding carboxylic acids is 1. The third-order valence-electron chi connectivity index (χ3n) is 2.71. The highest BCUT2D eigenvalue weighted by molar-refractivity contribution is 7.90. The Kier molecular flexibility index (Phi) is 4.00. The third-order valence-corrected chi connectivity index (χ3v) is 4.22. The van der Waals surface area contributed by atoms with Gasteiger partial charge < -0.3 is 4.74 Å². The first-order chi connectivity index (χ1) is 9.04. The maximum atomic E-state index is 12.1. The molecule has 1 unspecified atom stereocenters. The zero-order valence-corrected chi connectivity index (χ0v) is 11.2. The highest BCUT2D eigenvalue weighted by Crippen LogP contribution is 2.22. The van der Waals surface area contributed by atoms with Crippen molar-refractivity contribution < 1.29 is 17.9 Å². The Morgan fingerprint density at radius 3 is 3.11 bits per heavy atom. The molecule has 1 aromatic heterocycles. The van der Waals surface area contributed by atoms with Gasteiger partial charge in [-0.25, -0.2) is 9.82 Å². The number of aromatic amines is 1. The Hall–Kier alpha value is -1.68. The van der Waals surface area contributed by atoms with Crippen molar-refractivity contribution in [3.63, 3.8) is 0 Å². The number of nitrogens with zero attached hydrogens (tertiary/aromatic N) is 3. The van der Waals surface area contributed by atoms with E-state index >= 15 is 0 Å². The molecule has 9 nitrogen and oxygen atoms in total. The van der Waals surface area contributed by atoms with Crippen molar-refractivity contribution in [3.8, 4) is 0 Å². The SMILES string of the molecule is CCOC(=O)C1CCCN1S(=O)(=O)Nc1ncn[nH]1. The van der Waals surface area contributed by atoms with Crippen molar-refractivity contribution >= 4 is 22.1 Å². The summed E-state index contributed by atoms with van der Waals surface area (Å²) in [6, 6.07) is -0.777. The molecule has 0 radical (unpaired) electrons. The predicted octanol–water partition coefficient (Wildman–Crippen LogP) is -0.511. The lowest BCUT2D eigenvalue weighted by Crippen LogP contribution is -2.44. The zero-order chi connectivity index (χ0) is 13.9. The minimum Gasteiger partial charge on any atom is -0.465 e. The average Bonchev–Trinajstić information content (AvgIpc) is 2.98. The lowest BCUT2D eigenvalue weighted by Gasteiger charge is -2.22. The molecule has 0 aromatic carbocycles. The van der Waals surface area contributed by atoms with Gasteiger partial charge in [-0.3, -0.25) is 4.79 Å². The maximum Gasteiger partial charge on any atom is 0.324 e. The van der Waals surface area contributed by atoms with Gasteiger partial charge in [-0.15, -0.1) is 0 Å². The van der Waals surface area contributed by atoms with Crippen molar-refractivity contribution in [1.29, 1.82) is 0 Å². The van der Waals surface area contributed by atoms with Gasteiger partial charge in [-0.1, -0.05) is 0 Å². The van der Waals surface area contributed by atoms with Gasteiger partial charge in [-0.2, -0.15) is 22.8 Å². The molecule has 1 fully saturated rings. The number of rotatable bonds is 5. The molecular formula is C9H15N5O4S. The highest BCUT2D eigenvalue weighted by atomic mass is 32.2. The Balaban J connectivity index is 2.12. The number of anilines is 1. The largest absolute Gasteiger partial charge is 0.465 e. The minimum absolute atomic E-state index is 0.00880. The van der Waals surface area contributed by atoms with Gasteiger partial charge in [0.1, 0.15) is 12.4 Å². The smallest absolute Gasteiger partial charge is 0.324 e. The van der Waals surface area contributed by atoms with Crippen LogP contribution < -0.4 is 4.72 Å². The van der Waals surface area contributed by atoms with E-state index in [-0.39, 0.29) is 19.1 Å². The van der Waals surface area contributed by atoms with E-state index in [1.807, 2.05) is 0 Å². The van der Waals surface area contributed by atoms with E-state index in [0.717, 1.165) is 4.31 Å². The Bertz CT molecular complexity index is 529. The number of hydrogen-bond donors (Lipinski definition) is 2. The lowest BCUT2D eigenvalue weighted by atomic mass is 10.2. The van der Waals surface area contributed by atoms with Crippen LogP contribution in [0.4, 0.5) is 5.95 Å². The monoisotopic (exact) mass is 289 g/mol.